The van der Waals surface area contributed by atoms with Gasteiger partial charge in [-0.25, -0.2) is 4.39 Å². The van der Waals surface area contributed by atoms with Crippen molar-refractivity contribution in [3.63, 3.8) is 0 Å². The van der Waals surface area contributed by atoms with E-state index in [-0.39, 0.29) is 0 Å². The van der Waals surface area contributed by atoms with Gasteiger partial charge in [-0.2, -0.15) is 0 Å². The van der Waals surface area contributed by atoms with E-state index in [0.717, 1.165) is 66.4 Å². The number of furan rings is 1. The summed E-state index contributed by atoms with van der Waals surface area (Å²) in [5, 5.41) is 4.41. The molecule has 0 unspecified atom stereocenters. The fourth-order valence-corrected chi connectivity index (χ4v) is 4.15. The van der Waals surface area contributed by atoms with Crippen LogP contribution in [0.5, 0.6) is 0 Å². The number of nitrogens with zero attached hydrogens (tertiary/aromatic N) is 3. The Morgan fingerprint density at radius 2 is 1.84 bits per heavy atom. The number of hydrogen-bond acceptors (Lipinski definition) is 5. The highest BCUT2D eigenvalue weighted by Crippen LogP contribution is 2.31. The summed E-state index contributed by atoms with van der Waals surface area (Å²) < 4.78 is 20.4. The molecule has 1 N–H and O–H groups in total. The van der Waals surface area contributed by atoms with Crippen LogP contribution in [0.3, 0.4) is 0 Å². The van der Waals surface area contributed by atoms with Crippen molar-refractivity contribution < 1.29 is 8.81 Å². The van der Waals surface area contributed by atoms with E-state index in [9.17, 15) is 4.39 Å². The molecule has 3 heterocycles. The number of benzene rings is 2. The quantitative estimate of drug-likeness (QED) is 0.417. The van der Waals surface area contributed by atoms with Crippen LogP contribution in [0.4, 0.5) is 15.8 Å². The summed E-state index contributed by atoms with van der Waals surface area (Å²) in [7, 11) is 2.16. The standard InChI is InChI=1S/C25H24ClFN4O/c1-30-10-12-31(13-11-30)16-19-4-7-25(32-19)17-2-5-20-22(8-9-28-24(20)14-17)29-23-6-3-18(26)15-21(23)27/h2-9,14-15H,10-13,16H2,1H3,(H,28,29). The van der Waals surface area contributed by atoms with Gasteiger partial charge in [-0.05, 0) is 55.6 Å². The van der Waals surface area contributed by atoms with Crippen LogP contribution in [0.15, 0.2) is 65.2 Å². The highest BCUT2D eigenvalue weighted by Gasteiger charge is 2.16. The molecule has 0 aliphatic carbocycles. The Morgan fingerprint density at radius 1 is 1.00 bits per heavy atom. The number of nitrogens with one attached hydrogen (secondary N) is 1. The molecule has 0 amide bonds. The summed E-state index contributed by atoms with van der Waals surface area (Å²) in [6.07, 6.45) is 1.71. The van der Waals surface area contributed by atoms with Crippen LogP contribution in [0.25, 0.3) is 22.2 Å². The van der Waals surface area contributed by atoms with Crippen molar-refractivity contribution in [1.29, 1.82) is 0 Å². The third kappa shape index (κ3) is 4.48. The molecule has 1 aliphatic heterocycles. The molecule has 1 fully saturated rings. The third-order valence-electron chi connectivity index (χ3n) is 5.86. The molecule has 2 aromatic carbocycles. The van der Waals surface area contributed by atoms with Gasteiger partial charge in [0.25, 0.3) is 0 Å². The van der Waals surface area contributed by atoms with E-state index in [4.69, 9.17) is 16.0 Å². The Kier molecular flexibility index (Phi) is 5.83. The molecule has 5 nitrogen and oxygen atoms in total. The lowest BCUT2D eigenvalue weighted by molar-refractivity contribution is 0.140. The highest BCUT2D eigenvalue weighted by atomic mass is 35.5. The summed E-state index contributed by atoms with van der Waals surface area (Å²) in [5.41, 5.74) is 2.91. The number of likely N-dealkylation sites (N-methyl/N-ethyl adjacent to an activating group) is 1. The molecule has 2 aromatic heterocycles. The van der Waals surface area contributed by atoms with Crippen LogP contribution in [-0.4, -0.2) is 48.0 Å². The first-order valence-corrected chi connectivity index (χ1v) is 11.0. The smallest absolute Gasteiger partial charge is 0.148 e. The molecule has 32 heavy (non-hydrogen) atoms. The SMILES string of the molecule is CN1CCN(Cc2ccc(-c3ccc4c(Nc5ccc(Cl)cc5F)ccnc4c3)o2)CC1. The molecule has 0 spiro atoms. The molecule has 5 rings (SSSR count). The van der Waals surface area contributed by atoms with Crippen LogP contribution >= 0.6 is 11.6 Å². The van der Waals surface area contributed by atoms with Gasteiger partial charge in [0.1, 0.15) is 17.3 Å². The number of piperazine rings is 1. The summed E-state index contributed by atoms with van der Waals surface area (Å²) in [5.74, 6) is 1.38. The first kappa shape index (κ1) is 20.9. The molecule has 0 radical (unpaired) electrons. The fraction of sp³-hybridized carbons (Fsp3) is 0.240. The second kappa shape index (κ2) is 8.90. The minimum atomic E-state index is -0.400. The summed E-state index contributed by atoms with van der Waals surface area (Å²) in [6.45, 7) is 5.09. The maximum absolute atomic E-state index is 14.2. The summed E-state index contributed by atoms with van der Waals surface area (Å²) in [4.78, 5) is 9.26. The largest absolute Gasteiger partial charge is 0.460 e. The van der Waals surface area contributed by atoms with Crippen LogP contribution in [0.1, 0.15) is 5.76 Å². The van der Waals surface area contributed by atoms with Gasteiger partial charge in [-0.1, -0.05) is 17.7 Å². The highest BCUT2D eigenvalue weighted by molar-refractivity contribution is 6.30. The number of anilines is 2. The number of fused-ring (bicyclic) bond motifs is 1. The van der Waals surface area contributed by atoms with Crippen molar-refractivity contribution in [1.82, 2.24) is 14.8 Å². The lowest BCUT2D eigenvalue weighted by atomic mass is 10.1. The number of aromatic nitrogens is 1. The van der Waals surface area contributed by atoms with Crippen molar-refractivity contribution in [2.45, 2.75) is 6.54 Å². The zero-order valence-electron chi connectivity index (χ0n) is 17.8. The van der Waals surface area contributed by atoms with Gasteiger partial charge in [0.2, 0.25) is 0 Å². The maximum atomic E-state index is 14.2. The number of halogens is 2. The second-order valence-corrected chi connectivity index (χ2v) is 8.62. The van der Waals surface area contributed by atoms with E-state index in [1.165, 1.54) is 6.07 Å². The predicted molar refractivity (Wildman–Crippen MR) is 127 cm³/mol. The van der Waals surface area contributed by atoms with Gasteiger partial charge in [-0.15, -0.1) is 0 Å². The molecular weight excluding hydrogens is 427 g/mol. The molecule has 1 saturated heterocycles. The van der Waals surface area contributed by atoms with Crippen molar-refractivity contribution in [2.24, 2.45) is 0 Å². The van der Waals surface area contributed by atoms with Crippen LogP contribution in [0.2, 0.25) is 5.02 Å². The predicted octanol–water partition coefficient (Wildman–Crippen LogP) is 5.78. The van der Waals surface area contributed by atoms with Gasteiger partial charge in [-0.3, -0.25) is 9.88 Å². The lowest BCUT2D eigenvalue weighted by Gasteiger charge is -2.31. The van der Waals surface area contributed by atoms with E-state index in [0.29, 0.717) is 10.7 Å². The van der Waals surface area contributed by atoms with Crippen molar-refractivity contribution in [3.8, 4) is 11.3 Å². The molecule has 1 aliphatic rings. The van der Waals surface area contributed by atoms with E-state index in [1.54, 1.807) is 18.3 Å². The number of hydrogen-bond donors (Lipinski definition) is 1. The fourth-order valence-electron chi connectivity index (χ4n) is 3.99. The lowest BCUT2D eigenvalue weighted by Crippen LogP contribution is -2.43. The van der Waals surface area contributed by atoms with Crippen LogP contribution in [0, 0.1) is 5.82 Å². The molecule has 0 saturated carbocycles. The van der Waals surface area contributed by atoms with E-state index in [1.807, 2.05) is 36.4 Å². The molecule has 0 atom stereocenters. The molecule has 164 valence electrons. The minimum absolute atomic E-state index is 0.364. The minimum Gasteiger partial charge on any atom is -0.460 e. The topological polar surface area (TPSA) is 44.5 Å². The Hall–Kier alpha value is -2.93. The molecule has 4 aromatic rings. The molecule has 7 heteroatoms. The van der Waals surface area contributed by atoms with Crippen molar-refractivity contribution in [3.05, 3.63) is 77.4 Å². The second-order valence-electron chi connectivity index (χ2n) is 8.18. The number of pyridine rings is 1. The van der Waals surface area contributed by atoms with Gasteiger partial charge >= 0.3 is 0 Å². The zero-order chi connectivity index (χ0) is 22.1. The normalized spacial score (nSPS) is 15.3. The van der Waals surface area contributed by atoms with Crippen LogP contribution in [-0.2, 0) is 6.54 Å². The zero-order valence-corrected chi connectivity index (χ0v) is 18.6. The Bertz CT molecular complexity index is 1250. The van der Waals surface area contributed by atoms with Crippen molar-refractivity contribution >= 4 is 33.9 Å². The average molecular weight is 451 g/mol. The molecular formula is C25H24ClFN4O. The summed E-state index contributed by atoms with van der Waals surface area (Å²) >= 11 is 5.86. The first-order chi connectivity index (χ1) is 15.5. The van der Waals surface area contributed by atoms with E-state index < -0.39 is 5.82 Å². The number of rotatable bonds is 5. The Labute approximate surface area is 191 Å². The Balaban J connectivity index is 1.37. The monoisotopic (exact) mass is 450 g/mol. The van der Waals surface area contributed by atoms with Gasteiger partial charge < -0.3 is 14.6 Å². The van der Waals surface area contributed by atoms with Crippen LogP contribution < -0.4 is 5.32 Å². The first-order valence-electron chi connectivity index (χ1n) is 10.7. The van der Waals surface area contributed by atoms with Crippen molar-refractivity contribution in [2.75, 3.05) is 38.5 Å². The summed E-state index contributed by atoms with van der Waals surface area (Å²) in [6, 6.07) is 16.5. The van der Waals surface area contributed by atoms with Gasteiger partial charge in [0.05, 0.1) is 17.7 Å². The van der Waals surface area contributed by atoms with E-state index in [2.05, 4.69) is 27.1 Å². The third-order valence-corrected chi connectivity index (χ3v) is 6.10. The average Bonchev–Trinajstić information content (AvgIpc) is 3.25. The maximum Gasteiger partial charge on any atom is 0.148 e. The van der Waals surface area contributed by atoms with Gasteiger partial charge in [0, 0.05) is 54.0 Å². The Morgan fingerprint density at radius 3 is 2.66 bits per heavy atom. The van der Waals surface area contributed by atoms with E-state index >= 15 is 0 Å². The molecule has 0 bridgehead atoms. The van der Waals surface area contributed by atoms with Gasteiger partial charge in [0.15, 0.2) is 0 Å².